The van der Waals surface area contributed by atoms with Gasteiger partial charge in [0, 0.05) is 12.0 Å². The maximum Gasteiger partial charge on any atom is 0.335 e. The first-order valence-corrected chi connectivity index (χ1v) is 7.73. The third-order valence-electron chi connectivity index (χ3n) is 3.03. The topological polar surface area (TPSA) is 44.8 Å². The van der Waals surface area contributed by atoms with Gasteiger partial charge in [0.05, 0.1) is 0 Å². The molecule has 0 spiro atoms. The minimum Gasteiger partial charge on any atom is -0.465 e. The minimum absolute atomic E-state index is 0.343. The summed E-state index contributed by atoms with van der Waals surface area (Å²) in [7, 11) is 0. The van der Waals surface area contributed by atoms with Gasteiger partial charge in [0.2, 0.25) is 12.6 Å². The Balaban J connectivity index is 2.53. The van der Waals surface area contributed by atoms with Gasteiger partial charge in [0.15, 0.2) is 0 Å². The molecule has 0 heterocycles. The van der Waals surface area contributed by atoms with E-state index in [1.54, 1.807) is 13.8 Å². The van der Waals surface area contributed by atoms with Crippen molar-refractivity contribution in [2.24, 2.45) is 0 Å². The standard InChI is InChI=1S/C18H26O4/c1-6-8-15-9-11-16(12-10-15)22-17(7-2)20-14(5)21-18(19)13(3)4/h9-12,14,17H,3,6-8H2,1-2,4-5H3. The summed E-state index contributed by atoms with van der Waals surface area (Å²) in [5, 5.41) is 0. The number of esters is 1. The van der Waals surface area contributed by atoms with Crippen molar-refractivity contribution in [1.29, 1.82) is 0 Å². The van der Waals surface area contributed by atoms with Crippen LogP contribution in [-0.4, -0.2) is 18.5 Å². The van der Waals surface area contributed by atoms with Crippen molar-refractivity contribution in [3.8, 4) is 5.75 Å². The van der Waals surface area contributed by atoms with Gasteiger partial charge in [0.25, 0.3) is 0 Å². The normalized spacial score (nSPS) is 13.3. The highest BCUT2D eigenvalue weighted by Gasteiger charge is 2.16. The highest BCUT2D eigenvalue weighted by Crippen LogP contribution is 2.17. The van der Waals surface area contributed by atoms with E-state index in [0.717, 1.165) is 18.6 Å². The number of ether oxygens (including phenoxy) is 3. The van der Waals surface area contributed by atoms with Crippen LogP contribution in [0.5, 0.6) is 5.75 Å². The average Bonchev–Trinajstić information content (AvgIpc) is 2.48. The summed E-state index contributed by atoms with van der Waals surface area (Å²) in [5.41, 5.74) is 1.63. The van der Waals surface area contributed by atoms with Crippen LogP contribution in [0.15, 0.2) is 36.4 Å². The van der Waals surface area contributed by atoms with Gasteiger partial charge < -0.3 is 14.2 Å². The maximum atomic E-state index is 11.4. The fourth-order valence-electron chi connectivity index (χ4n) is 1.88. The highest BCUT2D eigenvalue weighted by atomic mass is 16.8. The Bertz CT molecular complexity index is 478. The lowest BCUT2D eigenvalue weighted by molar-refractivity contribution is -0.210. The summed E-state index contributed by atoms with van der Waals surface area (Å²) < 4.78 is 16.5. The molecule has 122 valence electrons. The van der Waals surface area contributed by atoms with Crippen LogP contribution in [-0.2, 0) is 20.7 Å². The molecule has 0 bridgehead atoms. The van der Waals surface area contributed by atoms with E-state index in [4.69, 9.17) is 14.2 Å². The molecule has 0 aliphatic rings. The third kappa shape index (κ3) is 6.31. The lowest BCUT2D eigenvalue weighted by Gasteiger charge is -2.22. The summed E-state index contributed by atoms with van der Waals surface area (Å²) >= 11 is 0. The first kappa shape index (κ1) is 18.2. The SMILES string of the molecule is C=C(C)C(=O)OC(C)OC(CC)Oc1ccc(CCC)cc1. The molecule has 4 heteroatoms. The Morgan fingerprint density at radius 1 is 1.23 bits per heavy atom. The van der Waals surface area contributed by atoms with Crippen molar-refractivity contribution in [2.45, 2.75) is 59.5 Å². The van der Waals surface area contributed by atoms with E-state index in [0.29, 0.717) is 12.0 Å². The van der Waals surface area contributed by atoms with Gasteiger partial charge in [-0.15, -0.1) is 0 Å². The zero-order valence-electron chi connectivity index (χ0n) is 13.9. The Morgan fingerprint density at radius 3 is 2.36 bits per heavy atom. The molecule has 0 N–H and O–H groups in total. The van der Waals surface area contributed by atoms with Gasteiger partial charge in [-0.25, -0.2) is 4.79 Å². The molecular formula is C18H26O4. The molecule has 1 rings (SSSR count). The average molecular weight is 306 g/mol. The van der Waals surface area contributed by atoms with Crippen LogP contribution >= 0.6 is 0 Å². The van der Waals surface area contributed by atoms with Crippen LogP contribution < -0.4 is 4.74 Å². The summed E-state index contributed by atoms with van der Waals surface area (Å²) in [6.45, 7) is 10.9. The Hall–Kier alpha value is -1.81. The number of benzene rings is 1. The van der Waals surface area contributed by atoms with Crippen molar-refractivity contribution in [2.75, 3.05) is 0 Å². The fraction of sp³-hybridized carbons (Fsp3) is 0.500. The lowest BCUT2D eigenvalue weighted by Crippen LogP contribution is -2.28. The smallest absolute Gasteiger partial charge is 0.335 e. The second kappa shape index (κ2) is 9.26. The van der Waals surface area contributed by atoms with Crippen molar-refractivity contribution in [3.63, 3.8) is 0 Å². The molecule has 0 fully saturated rings. The van der Waals surface area contributed by atoms with Crippen molar-refractivity contribution in [1.82, 2.24) is 0 Å². The second-order valence-corrected chi connectivity index (χ2v) is 5.24. The van der Waals surface area contributed by atoms with E-state index in [1.165, 1.54) is 5.56 Å². The fourth-order valence-corrected chi connectivity index (χ4v) is 1.88. The van der Waals surface area contributed by atoms with Gasteiger partial charge in [-0.2, -0.15) is 0 Å². The zero-order chi connectivity index (χ0) is 16.5. The minimum atomic E-state index is -0.687. The largest absolute Gasteiger partial charge is 0.465 e. The van der Waals surface area contributed by atoms with E-state index < -0.39 is 18.5 Å². The van der Waals surface area contributed by atoms with Gasteiger partial charge in [-0.3, -0.25) is 0 Å². The number of carbonyl (C=O) groups excluding carboxylic acids is 1. The molecule has 0 saturated carbocycles. The second-order valence-electron chi connectivity index (χ2n) is 5.24. The van der Waals surface area contributed by atoms with E-state index in [1.807, 2.05) is 19.1 Å². The van der Waals surface area contributed by atoms with Crippen molar-refractivity contribution in [3.05, 3.63) is 42.0 Å². The quantitative estimate of drug-likeness (QED) is 0.389. The maximum absolute atomic E-state index is 11.4. The number of carbonyl (C=O) groups is 1. The Labute approximate surface area is 133 Å². The molecule has 22 heavy (non-hydrogen) atoms. The molecule has 4 nitrogen and oxygen atoms in total. The number of aryl methyl sites for hydroxylation is 1. The van der Waals surface area contributed by atoms with Gasteiger partial charge in [-0.05, 0) is 38.0 Å². The number of rotatable bonds is 9. The van der Waals surface area contributed by atoms with Crippen LogP contribution in [0.2, 0.25) is 0 Å². The molecule has 2 atom stereocenters. The predicted octanol–water partition coefficient (Wildman–Crippen LogP) is 4.24. The van der Waals surface area contributed by atoms with Crippen LogP contribution in [0.1, 0.15) is 46.1 Å². The summed E-state index contributed by atoms with van der Waals surface area (Å²) in [6, 6.07) is 7.97. The molecule has 1 aromatic carbocycles. The molecule has 0 aromatic heterocycles. The Kier molecular flexibility index (Phi) is 7.67. The summed E-state index contributed by atoms with van der Waals surface area (Å²) in [4.78, 5) is 11.4. The van der Waals surface area contributed by atoms with Crippen LogP contribution in [0.3, 0.4) is 0 Å². The molecular weight excluding hydrogens is 280 g/mol. The van der Waals surface area contributed by atoms with E-state index in [-0.39, 0.29) is 0 Å². The predicted molar refractivity (Wildman–Crippen MR) is 86.6 cm³/mol. The summed E-state index contributed by atoms with van der Waals surface area (Å²) in [5.74, 6) is 0.274. The third-order valence-corrected chi connectivity index (χ3v) is 3.03. The first-order valence-electron chi connectivity index (χ1n) is 7.73. The molecule has 0 aliphatic heterocycles. The highest BCUT2D eigenvalue weighted by molar-refractivity contribution is 5.86. The lowest BCUT2D eigenvalue weighted by atomic mass is 10.1. The molecule has 0 radical (unpaired) electrons. The van der Waals surface area contributed by atoms with Gasteiger partial charge in [0.1, 0.15) is 5.75 Å². The molecule has 0 amide bonds. The molecule has 0 aliphatic carbocycles. The van der Waals surface area contributed by atoms with Crippen LogP contribution in [0.4, 0.5) is 0 Å². The van der Waals surface area contributed by atoms with Crippen molar-refractivity contribution < 1.29 is 19.0 Å². The zero-order valence-corrected chi connectivity index (χ0v) is 13.9. The molecule has 1 aromatic rings. The summed E-state index contributed by atoms with van der Waals surface area (Å²) in [6.07, 6.45) is 1.67. The number of hydrogen-bond donors (Lipinski definition) is 0. The van der Waals surface area contributed by atoms with Crippen LogP contribution in [0.25, 0.3) is 0 Å². The number of hydrogen-bond acceptors (Lipinski definition) is 4. The van der Waals surface area contributed by atoms with Gasteiger partial charge in [-0.1, -0.05) is 39.0 Å². The monoisotopic (exact) mass is 306 g/mol. The van der Waals surface area contributed by atoms with Crippen molar-refractivity contribution >= 4 is 5.97 Å². The first-order chi connectivity index (χ1) is 10.5. The van der Waals surface area contributed by atoms with E-state index in [9.17, 15) is 4.79 Å². The van der Waals surface area contributed by atoms with E-state index in [2.05, 4.69) is 25.6 Å². The van der Waals surface area contributed by atoms with Crippen LogP contribution in [0, 0.1) is 0 Å². The Morgan fingerprint density at radius 2 is 1.86 bits per heavy atom. The van der Waals surface area contributed by atoms with Gasteiger partial charge >= 0.3 is 5.97 Å². The molecule has 2 unspecified atom stereocenters. The van der Waals surface area contributed by atoms with E-state index >= 15 is 0 Å². The molecule has 0 saturated heterocycles.